The Kier molecular flexibility index (Phi) is 5.03. The van der Waals surface area contributed by atoms with Crippen molar-refractivity contribution in [3.05, 3.63) is 83.7 Å². The number of ketones is 1. The highest BCUT2D eigenvalue weighted by molar-refractivity contribution is 7.98. The molecule has 23 heavy (non-hydrogen) atoms. The van der Waals surface area contributed by atoms with E-state index in [9.17, 15) is 4.79 Å². The highest BCUT2D eigenvalue weighted by Crippen LogP contribution is 2.35. The number of furan rings is 2. The van der Waals surface area contributed by atoms with E-state index < -0.39 is 0 Å². The Morgan fingerprint density at radius 2 is 1.78 bits per heavy atom. The van der Waals surface area contributed by atoms with E-state index in [0.717, 1.165) is 17.1 Å². The molecule has 0 fully saturated rings. The van der Waals surface area contributed by atoms with Crippen molar-refractivity contribution in [1.29, 1.82) is 0 Å². The Morgan fingerprint density at radius 1 is 1.04 bits per heavy atom. The molecule has 0 spiro atoms. The highest BCUT2D eigenvalue weighted by atomic mass is 32.2. The van der Waals surface area contributed by atoms with Gasteiger partial charge in [-0.2, -0.15) is 0 Å². The molecular weight excluding hydrogens is 308 g/mol. The molecule has 0 bridgehead atoms. The fraction of sp³-hybridized carbons (Fsp3) is 0.211. The summed E-state index contributed by atoms with van der Waals surface area (Å²) in [5.41, 5.74) is 2.35. The third-order valence-electron chi connectivity index (χ3n) is 3.62. The number of benzene rings is 1. The first-order valence-corrected chi connectivity index (χ1v) is 8.54. The van der Waals surface area contributed by atoms with Gasteiger partial charge >= 0.3 is 0 Å². The molecule has 0 aliphatic rings. The quantitative estimate of drug-likeness (QED) is 0.543. The molecule has 2 heterocycles. The molecule has 1 atom stereocenters. The zero-order chi connectivity index (χ0) is 16.1. The summed E-state index contributed by atoms with van der Waals surface area (Å²) in [6.45, 7) is 2.06. The van der Waals surface area contributed by atoms with Gasteiger partial charge in [-0.15, -0.1) is 11.8 Å². The van der Waals surface area contributed by atoms with Crippen LogP contribution in [0.5, 0.6) is 0 Å². The second-order valence-corrected chi connectivity index (χ2v) is 6.59. The van der Waals surface area contributed by atoms with Gasteiger partial charge in [0.05, 0.1) is 18.3 Å². The average Bonchev–Trinajstić information content (AvgIpc) is 3.25. The summed E-state index contributed by atoms with van der Waals surface area (Å²) in [5, 5.41) is 0.0679. The molecule has 0 aliphatic carbocycles. The molecule has 3 aromatic rings. The Labute approximate surface area is 139 Å². The van der Waals surface area contributed by atoms with E-state index in [1.165, 1.54) is 11.8 Å². The van der Waals surface area contributed by atoms with Crippen LogP contribution in [0.25, 0.3) is 0 Å². The van der Waals surface area contributed by atoms with E-state index in [1.807, 2.05) is 12.1 Å². The standard InChI is InChI=1S/C19H18O3S/c1-14-6-8-15(9-7-14)19(23-13-16-4-2-10-21-16)12-17(20)18-5-3-11-22-18/h2-11,19H,12-13H2,1H3/t19-/m0/s1. The van der Waals surface area contributed by atoms with Crippen molar-refractivity contribution in [2.75, 3.05) is 0 Å². The highest BCUT2D eigenvalue weighted by Gasteiger charge is 2.20. The van der Waals surface area contributed by atoms with Crippen molar-refractivity contribution in [1.82, 2.24) is 0 Å². The SMILES string of the molecule is Cc1ccc([C@H](CC(=O)c2ccco2)SCc2ccco2)cc1. The molecule has 0 unspecified atom stereocenters. The number of rotatable bonds is 7. The van der Waals surface area contributed by atoms with Gasteiger partial charge in [-0.1, -0.05) is 29.8 Å². The second kappa shape index (κ2) is 7.38. The third kappa shape index (κ3) is 4.17. The monoisotopic (exact) mass is 326 g/mol. The van der Waals surface area contributed by atoms with Gasteiger partial charge in [0, 0.05) is 11.7 Å². The van der Waals surface area contributed by atoms with Gasteiger partial charge in [0.15, 0.2) is 11.5 Å². The molecule has 0 radical (unpaired) electrons. The van der Waals surface area contributed by atoms with Crippen LogP contribution in [0.15, 0.2) is 69.9 Å². The van der Waals surface area contributed by atoms with Crippen molar-refractivity contribution < 1.29 is 13.6 Å². The predicted molar refractivity (Wildman–Crippen MR) is 91.6 cm³/mol. The number of hydrogen-bond donors (Lipinski definition) is 0. The number of carbonyl (C=O) groups excluding carboxylic acids is 1. The van der Waals surface area contributed by atoms with Crippen molar-refractivity contribution >= 4 is 17.5 Å². The molecule has 1 aromatic carbocycles. The van der Waals surface area contributed by atoms with Crippen LogP contribution in [-0.2, 0) is 5.75 Å². The molecule has 0 aliphatic heterocycles. The molecule has 3 rings (SSSR count). The Hall–Kier alpha value is -2.20. The van der Waals surface area contributed by atoms with E-state index in [0.29, 0.717) is 12.2 Å². The first kappa shape index (κ1) is 15.7. The minimum atomic E-state index is 0.0209. The number of carbonyl (C=O) groups is 1. The lowest BCUT2D eigenvalue weighted by atomic mass is 10.0. The Bertz CT molecular complexity index is 728. The fourth-order valence-electron chi connectivity index (χ4n) is 2.34. The minimum absolute atomic E-state index is 0.0209. The summed E-state index contributed by atoms with van der Waals surface area (Å²) >= 11 is 1.71. The van der Waals surface area contributed by atoms with Crippen LogP contribution in [-0.4, -0.2) is 5.78 Å². The van der Waals surface area contributed by atoms with Crippen LogP contribution in [0.2, 0.25) is 0 Å². The topological polar surface area (TPSA) is 43.4 Å². The molecule has 0 N–H and O–H groups in total. The average molecular weight is 326 g/mol. The van der Waals surface area contributed by atoms with Crippen molar-refractivity contribution in [2.24, 2.45) is 0 Å². The van der Waals surface area contributed by atoms with Crippen LogP contribution >= 0.6 is 11.8 Å². The maximum atomic E-state index is 12.4. The minimum Gasteiger partial charge on any atom is -0.468 e. The molecule has 4 heteroatoms. The van der Waals surface area contributed by atoms with Crippen molar-refractivity contribution in [3.8, 4) is 0 Å². The lowest BCUT2D eigenvalue weighted by Crippen LogP contribution is -2.05. The van der Waals surface area contributed by atoms with E-state index in [4.69, 9.17) is 8.83 Å². The third-order valence-corrected chi connectivity index (χ3v) is 4.92. The zero-order valence-corrected chi connectivity index (χ0v) is 13.7. The fourth-order valence-corrected chi connectivity index (χ4v) is 3.49. The lowest BCUT2D eigenvalue weighted by molar-refractivity contribution is 0.0955. The Balaban J connectivity index is 1.74. The van der Waals surface area contributed by atoms with Crippen LogP contribution in [0, 0.1) is 6.92 Å². The normalized spacial score (nSPS) is 12.2. The predicted octanol–water partition coefficient (Wildman–Crippen LogP) is 5.43. The molecule has 3 nitrogen and oxygen atoms in total. The molecule has 0 saturated heterocycles. The Morgan fingerprint density at radius 3 is 2.43 bits per heavy atom. The molecular formula is C19H18O3S. The first-order chi connectivity index (χ1) is 11.2. The van der Waals surface area contributed by atoms with E-state index in [-0.39, 0.29) is 11.0 Å². The summed E-state index contributed by atoms with van der Waals surface area (Å²) in [5.74, 6) is 2.09. The zero-order valence-electron chi connectivity index (χ0n) is 12.9. The lowest BCUT2D eigenvalue weighted by Gasteiger charge is -2.15. The molecule has 0 saturated carbocycles. The van der Waals surface area contributed by atoms with Crippen LogP contribution < -0.4 is 0 Å². The summed E-state index contributed by atoms with van der Waals surface area (Å²) in [6, 6.07) is 15.6. The van der Waals surface area contributed by atoms with E-state index >= 15 is 0 Å². The van der Waals surface area contributed by atoms with Gasteiger partial charge in [0.1, 0.15) is 5.76 Å². The van der Waals surface area contributed by atoms with Crippen LogP contribution in [0.3, 0.4) is 0 Å². The summed E-state index contributed by atoms with van der Waals surface area (Å²) in [7, 11) is 0. The first-order valence-electron chi connectivity index (χ1n) is 7.49. The van der Waals surface area contributed by atoms with Gasteiger partial charge in [-0.3, -0.25) is 4.79 Å². The number of thioether (sulfide) groups is 1. The van der Waals surface area contributed by atoms with Gasteiger partial charge < -0.3 is 8.83 Å². The maximum absolute atomic E-state index is 12.4. The largest absolute Gasteiger partial charge is 0.468 e. The van der Waals surface area contributed by atoms with Gasteiger partial charge in [0.25, 0.3) is 0 Å². The number of aryl methyl sites for hydroxylation is 1. The van der Waals surface area contributed by atoms with E-state index in [1.54, 1.807) is 30.2 Å². The summed E-state index contributed by atoms with van der Waals surface area (Å²) < 4.78 is 10.6. The smallest absolute Gasteiger partial charge is 0.199 e. The van der Waals surface area contributed by atoms with Crippen molar-refractivity contribution in [3.63, 3.8) is 0 Å². The number of Topliss-reactive ketones (excluding diaryl/α,β-unsaturated/α-hetero) is 1. The molecule has 118 valence electrons. The van der Waals surface area contributed by atoms with Gasteiger partial charge in [0.2, 0.25) is 0 Å². The maximum Gasteiger partial charge on any atom is 0.199 e. The summed E-state index contributed by atoms with van der Waals surface area (Å²) in [4.78, 5) is 12.4. The van der Waals surface area contributed by atoms with Gasteiger partial charge in [-0.25, -0.2) is 0 Å². The molecule has 0 amide bonds. The molecule has 2 aromatic heterocycles. The summed E-state index contributed by atoms with van der Waals surface area (Å²) in [6.07, 6.45) is 3.61. The van der Waals surface area contributed by atoms with Crippen LogP contribution in [0.4, 0.5) is 0 Å². The van der Waals surface area contributed by atoms with E-state index in [2.05, 4.69) is 31.2 Å². The van der Waals surface area contributed by atoms with Crippen molar-refractivity contribution in [2.45, 2.75) is 24.3 Å². The van der Waals surface area contributed by atoms with Crippen LogP contribution in [0.1, 0.15) is 39.1 Å². The van der Waals surface area contributed by atoms with Gasteiger partial charge in [-0.05, 0) is 36.8 Å². The number of hydrogen-bond acceptors (Lipinski definition) is 4. The second-order valence-electron chi connectivity index (χ2n) is 5.39.